The van der Waals surface area contributed by atoms with Crippen LogP contribution in [0, 0.1) is 11.7 Å². The molecule has 2 unspecified atom stereocenters. The van der Waals surface area contributed by atoms with Gasteiger partial charge in [-0.05, 0) is 43.5 Å². The minimum Gasteiger partial charge on any atom is -0.329 e. The van der Waals surface area contributed by atoms with Crippen molar-refractivity contribution >= 4 is 11.6 Å². The topological polar surface area (TPSA) is 29.3 Å². The molecule has 1 aromatic rings. The number of nitrogens with two attached hydrogens (primary N) is 1. The molecule has 2 rings (SSSR count). The van der Waals surface area contributed by atoms with Crippen LogP contribution in [0.3, 0.4) is 0 Å². The molecule has 0 spiro atoms. The van der Waals surface area contributed by atoms with Crippen molar-refractivity contribution < 1.29 is 4.39 Å². The van der Waals surface area contributed by atoms with Crippen molar-refractivity contribution in [3.63, 3.8) is 0 Å². The molecule has 0 aliphatic carbocycles. The number of likely N-dealkylation sites (tertiary alicyclic amines) is 1. The number of nitrogens with zero attached hydrogens (tertiary/aromatic N) is 1. The lowest BCUT2D eigenvalue weighted by atomic mass is 9.88. The van der Waals surface area contributed by atoms with E-state index in [0.29, 0.717) is 29.7 Å². The Morgan fingerprint density at radius 1 is 1.47 bits per heavy atom. The maximum atomic E-state index is 13.8. The molecule has 2 atom stereocenters. The summed E-state index contributed by atoms with van der Waals surface area (Å²) in [7, 11) is 0. The minimum atomic E-state index is -0.183. The lowest BCUT2D eigenvalue weighted by Gasteiger charge is -2.39. The highest BCUT2D eigenvalue weighted by Gasteiger charge is 2.27. The smallest absolute Gasteiger partial charge is 0.127 e. The van der Waals surface area contributed by atoms with Crippen LogP contribution in [0.15, 0.2) is 18.2 Å². The summed E-state index contributed by atoms with van der Waals surface area (Å²) >= 11 is 5.94. The summed E-state index contributed by atoms with van der Waals surface area (Å²) in [5.74, 6) is 0.576. The zero-order valence-electron chi connectivity index (χ0n) is 11.4. The summed E-state index contributed by atoms with van der Waals surface area (Å²) in [5.41, 5.74) is 6.54. The van der Waals surface area contributed by atoms with E-state index in [0.717, 1.165) is 18.9 Å². The Bertz CT molecular complexity index is 425. The van der Waals surface area contributed by atoms with Gasteiger partial charge >= 0.3 is 0 Å². The first kappa shape index (κ1) is 14.8. The van der Waals surface area contributed by atoms with Gasteiger partial charge in [-0.15, -0.1) is 0 Å². The highest BCUT2D eigenvalue weighted by molar-refractivity contribution is 6.30. The number of piperidine rings is 1. The van der Waals surface area contributed by atoms with Gasteiger partial charge in [0.25, 0.3) is 0 Å². The molecule has 106 valence electrons. The lowest BCUT2D eigenvalue weighted by molar-refractivity contribution is 0.106. The van der Waals surface area contributed by atoms with E-state index in [1.54, 1.807) is 12.1 Å². The van der Waals surface area contributed by atoms with E-state index in [4.69, 9.17) is 17.3 Å². The maximum Gasteiger partial charge on any atom is 0.127 e. The molecule has 1 heterocycles. The molecule has 1 saturated heterocycles. The van der Waals surface area contributed by atoms with Gasteiger partial charge in [0.15, 0.2) is 0 Å². The predicted molar refractivity (Wildman–Crippen MR) is 77.7 cm³/mol. The molecule has 2 nitrogen and oxygen atoms in total. The number of benzene rings is 1. The van der Waals surface area contributed by atoms with Gasteiger partial charge in [-0.2, -0.15) is 0 Å². The van der Waals surface area contributed by atoms with E-state index < -0.39 is 0 Å². The van der Waals surface area contributed by atoms with Gasteiger partial charge in [0.1, 0.15) is 5.82 Å². The van der Waals surface area contributed by atoms with Crippen LogP contribution < -0.4 is 5.73 Å². The van der Waals surface area contributed by atoms with Gasteiger partial charge in [0.05, 0.1) is 0 Å². The molecule has 1 fully saturated rings. The van der Waals surface area contributed by atoms with Crippen molar-refractivity contribution in [3.05, 3.63) is 34.6 Å². The van der Waals surface area contributed by atoms with E-state index in [1.165, 1.54) is 18.9 Å². The van der Waals surface area contributed by atoms with Crippen LogP contribution in [0.25, 0.3) is 0 Å². The summed E-state index contributed by atoms with van der Waals surface area (Å²) in [6.45, 7) is 4.46. The molecule has 1 aliphatic rings. The first-order valence-corrected chi connectivity index (χ1v) is 7.39. The summed E-state index contributed by atoms with van der Waals surface area (Å²) in [6.07, 6.45) is 3.50. The number of rotatable bonds is 4. The Labute approximate surface area is 119 Å². The van der Waals surface area contributed by atoms with E-state index in [9.17, 15) is 4.39 Å². The van der Waals surface area contributed by atoms with Crippen LogP contribution in [0.1, 0.15) is 31.7 Å². The third-order valence-corrected chi connectivity index (χ3v) is 4.41. The van der Waals surface area contributed by atoms with Crippen molar-refractivity contribution in [2.24, 2.45) is 11.7 Å². The second-order valence-electron chi connectivity index (χ2n) is 5.39. The monoisotopic (exact) mass is 284 g/mol. The second-order valence-corrected chi connectivity index (χ2v) is 5.83. The highest BCUT2D eigenvalue weighted by Crippen LogP contribution is 2.27. The standard InChI is InChI=1S/C15H22ClFN2/c1-2-11-5-6-19(14(7-11)9-18)10-12-8-13(16)3-4-15(12)17/h3-4,8,11,14H,2,5-7,9-10,18H2,1H3. The fourth-order valence-corrected chi connectivity index (χ4v) is 3.08. The van der Waals surface area contributed by atoms with Crippen molar-refractivity contribution in [1.29, 1.82) is 0 Å². The van der Waals surface area contributed by atoms with Crippen LogP contribution in [-0.2, 0) is 6.54 Å². The average molecular weight is 285 g/mol. The molecular weight excluding hydrogens is 263 g/mol. The molecule has 1 aliphatic heterocycles. The minimum absolute atomic E-state index is 0.183. The Balaban J connectivity index is 2.07. The maximum absolute atomic E-state index is 13.8. The van der Waals surface area contributed by atoms with E-state index in [1.807, 2.05) is 0 Å². The Morgan fingerprint density at radius 2 is 2.26 bits per heavy atom. The molecule has 4 heteroatoms. The summed E-state index contributed by atoms with van der Waals surface area (Å²) < 4.78 is 13.8. The molecule has 2 N–H and O–H groups in total. The Kier molecular flexibility index (Phi) is 5.20. The van der Waals surface area contributed by atoms with Gasteiger partial charge in [-0.3, -0.25) is 4.90 Å². The molecule has 19 heavy (non-hydrogen) atoms. The van der Waals surface area contributed by atoms with Crippen LogP contribution >= 0.6 is 11.6 Å². The van der Waals surface area contributed by atoms with Gasteiger partial charge in [0.2, 0.25) is 0 Å². The molecular formula is C15H22ClFN2. The first-order chi connectivity index (χ1) is 9.13. The normalized spacial score (nSPS) is 24.6. The zero-order valence-corrected chi connectivity index (χ0v) is 12.2. The number of hydrogen-bond donors (Lipinski definition) is 1. The lowest BCUT2D eigenvalue weighted by Crippen LogP contribution is -2.46. The molecule has 0 aromatic heterocycles. The first-order valence-electron chi connectivity index (χ1n) is 7.02. The zero-order chi connectivity index (χ0) is 13.8. The highest BCUT2D eigenvalue weighted by atomic mass is 35.5. The van der Waals surface area contributed by atoms with Crippen LogP contribution in [-0.4, -0.2) is 24.0 Å². The summed E-state index contributed by atoms with van der Waals surface area (Å²) in [5, 5.41) is 0.587. The van der Waals surface area contributed by atoms with Crippen molar-refractivity contribution in [2.75, 3.05) is 13.1 Å². The van der Waals surface area contributed by atoms with Crippen molar-refractivity contribution in [2.45, 2.75) is 38.8 Å². The fraction of sp³-hybridized carbons (Fsp3) is 0.600. The van der Waals surface area contributed by atoms with E-state index in [2.05, 4.69) is 11.8 Å². The van der Waals surface area contributed by atoms with E-state index >= 15 is 0 Å². The summed E-state index contributed by atoms with van der Waals surface area (Å²) in [4.78, 5) is 2.29. The predicted octanol–water partition coefficient (Wildman–Crippen LogP) is 3.43. The molecule has 0 amide bonds. The van der Waals surface area contributed by atoms with E-state index in [-0.39, 0.29) is 5.82 Å². The van der Waals surface area contributed by atoms with Gasteiger partial charge in [-0.1, -0.05) is 24.9 Å². The average Bonchev–Trinajstić information content (AvgIpc) is 2.43. The SMILES string of the molecule is CCC1CCN(Cc2cc(Cl)ccc2F)C(CN)C1. The fourth-order valence-electron chi connectivity index (χ4n) is 2.89. The quantitative estimate of drug-likeness (QED) is 0.918. The molecule has 0 saturated carbocycles. The Morgan fingerprint density at radius 3 is 2.95 bits per heavy atom. The Hall–Kier alpha value is -0.640. The summed E-state index contributed by atoms with van der Waals surface area (Å²) in [6, 6.07) is 5.10. The van der Waals surface area contributed by atoms with Crippen molar-refractivity contribution in [1.82, 2.24) is 4.90 Å². The van der Waals surface area contributed by atoms with Crippen LogP contribution in [0.4, 0.5) is 4.39 Å². The largest absolute Gasteiger partial charge is 0.329 e. The van der Waals surface area contributed by atoms with Crippen LogP contribution in [0.5, 0.6) is 0 Å². The molecule has 1 aromatic carbocycles. The number of hydrogen-bond acceptors (Lipinski definition) is 2. The van der Waals surface area contributed by atoms with Gasteiger partial charge in [-0.25, -0.2) is 4.39 Å². The second kappa shape index (κ2) is 6.69. The van der Waals surface area contributed by atoms with Gasteiger partial charge in [0, 0.05) is 29.7 Å². The molecule has 0 bridgehead atoms. The third kappa shape index (κ3) is 3.68. The number of halogens is 2. The third-order valence-electron chi connectivity index (χ3n) is 4.18. The van der Waals surface area contributed by atoms with Gasteiger partial charge < -0.3 is 5.73 Å². The van der Waals surface area contributed by atoms with Crippen molar-refractivity contribution in [3.8, 4) is 0 Å². The van der Waals surface area contributed by atoms with Crippen LogP contribution in [0.2, 0.25) is 5.02 Å². The molecule has 0 radical (unpaired) electrons.